The summed E-state index contributed by atoms with van der Waals surface area (Å²) in [5.41, 5.74) is 7.81. The van der Waals surface area contributed by atoms with Gasteiger partial charge in [0.25, 0.3) is 0 Å². The average molecular weight is 265 g/mol. The van der Waals surface area contributed by atoms with Gasteiger partial charge in [-0.3, -0.25) is 4.79 Å². The van der Waals surface area contributed by atoms with E-state index >= 15 is 0 Å². The van der Waals surface area contributed by atoms with Gasteiger partial charge in [-0.05, 0) is 26.2 Å². The summed E-state index contributed by atoms with van der Waals surface area (Å²) in [7, 11) is 0. The molecule has 19 heavy (non-hydrogen) atoms. The fraction of sp³-hybridized carbons (Fsp3) is 0.714. The van der Waals surface area contributed by atoms with E-state index in [0.717, 1.165) is 42.9 Å². The van der Waals surface area contributed by atoms with Gasteiger partial charge in [-0.25, -0.2) is 0 Å². The zero-order valence-electron chi connectivity index (χ0n) is 12.0. The highest BCUT2D eigenvalue weighted by Gasteiger charge is 2.28. The molecule has 0 radical (unpaired) electrons. The third-order valence-corrected chi connectivity index (χ3v) is 4.18. The van der Waals surface area contributed by atoms with E-state index in [1.807, 2.05) is 18.7 Å². The predicted octanol–water partition coefficient (Wildman–Crippen LogP) is 1.42. The number of nitrogens with zero attached hydrogens (tertiary/aromatic N) is 2. The summed E-state index contributed by atoms with van der Waals surface area (Å²) in [4.78, 5) is 14.3. The van der Waals surface area contributed by atoms with E-state index in [0.29, 0.717) is 12.3 Å². The van der Waals surface area contributed by atoms with Crippen molar-refractivity contribution < 1.29 is 9.32 Å². The van der Waals surface area contributed by atoms with Gasteiger partial charge in [0.1, 0.15) is 5.76 Å². The van der Waals surface area contributed by atoms with Gasteiger partial charge in [0.05, 0.1) is 12.1 Å². The van der Waals surface area contributed by atoms with Crippen molar-refractivity contribution in [3.63, 3.8) is 0 Å². The summed E-state index contributed by atoms with van der Waals surface area (Å²) < 4.78 is 5.10. The molecule has 2 heterocycles. The van der Waals surface area contributed by atoms with E-state index in [4.69, 9.17) is 10.3 Å². The van der Waals surface area contributed by atoms with Crippen LogP contribution in [0.5, 0.6) is 0 Å². The van der Waals surface area contributed by atoms with Crippen molar-refractivity contribution in [1.29, 1.82) is 0 Å². The molecule has 1 aromatic rings. The summed E-state index contributed by atoms with van der Waals surface area (Å²) in [5, 5.41) is 3.89. The molecule has 0 bridgehead atoms. The van der Waals surface area contributed by atoms with E-state index in [9.17, 15) is 4.79 Å². The zero-order valence-corrected chi connectivity index (χ0v) is 12.0. The third kappa shape index (κ3) is 2.97. The van der Waals surface area contributed by atoms with Crippen molar-refractivity contribution in [2.24, 2.45) is 11.7 Å². The second-order valence-corrected chi connectivity index (χ2v) is 5.44. The van der Waals surface area contributed by atoms with Crippen LogP contribution in [0.2, 0.25) is 0 Å². The number of hydrogen-bond donors (Lipinski definition) is 1. The van der Waals surface area contributed by atoms with Gasteiger partial charge in [0.15, 0.2) is 0 Å². The third-order valence-electron chi connectivity index (χ3n) is 4.18. The Morgan fingerprint density at radius 2 is 2.26 bits per heavy atom. The predicted molar refractivity (Wildman–Crippen MR) is 72.6 cm³/mol. The van der Waals surface area contributed by atoms with Crippen LogP contribution >= 0.6 is 0 Å². The molecule has 2 N–H and O–H groups in total. The first-order chi connectivity index (χ1) is 9.02. The van der Waals surface area contributed by atoms with Gasteiger partial charge >= 0.3 is 0 Å². The SMILES string of the molecule is CCC1CN(C(=O)Cc2c(C)noc2C)CCC1N. The van der Waals surface area contributed by atoms with Gasteiger partial charge < -0.3 is 15.2 Å². The van der Waals surface area contributed by atoms with Crippen LogP contribution < -0.4 is 5.73 Å². The molecule has 1 aliphatic heterocycles. The van der Waals surface area contributed by atoms with E-state index in [-0.39, 0.29) is 11.9 Å². The Morgan fingerprint density at radius 1 is 1.53 bits per heavy atom. The number of rotatable bonds is 3. The number of likely N-dealkylation sites (tertiary alicyclic amines) is 1. The number of aryl methyl sites for hydroxylation is 2. The lowest BCUT2D eigenvalue weighted by Gasteiger charge is -2.36. The Morgan fingerprint density at radius 3 is 2.84 bits per heavy atom. The number of hydrogen-bond acceptors (Lipinski definition) is 4. The van der Waals surface area contributed by atoms with Gasteiger partial charge in [-0.15, -0.1) is 0 Å². The summed E-state index contributed by atoms with van der Waals surface area (Å²) >= 11 is 0. The molecule has 1 fully saturated rings. The lowest BCUT2D eigenvalue weighted by atomic mass is 9.90. The topological polar surface area (TPSA) is 72.4 Å². The van der Waals surface area contributed by atoms with Crippen LogP contribution in [0, 0.1) is 19.8 Å². The maximum atomic E-state index is 12.4. The number of piperidine rings is 1. The van der Waals surface area contributed by atoms with Crippen molar-refractivity contribution in [3.8, 4) is 0 Å². The minimum Gasteiger partial charge on any atom is -0.361 e. The van der Waals surface area contributed by atoms with Crippen LogP contribution in [0.15, 0.2) is 4.52 Å². The molecule has 0 saturated carbocycles. The largest absolute Gasteiger partial charge is 0.361 e. The minimum absolute atomic E-state index is 0.153. The van der Waals surface area contributed by atoms with Crippen molar-refractivity contribution in [1.82, 2.24) is 10.1 Å². The molecule has 5 heteroatoms. The lowest BCUT2D eigenvalue weighted by Crippen LogP contribution is -2.49. The first-order valence-corrected chi connectivity index (χ1v) is 6.98. The molecule has 2 unspecified atom stereocenters. The van der Waals surface area contributed by atoms with Gasteiger partial charge in [-0.2, -0.15) is 0 Å². The van der Waals surface area contributed by atoms with Crippen LogP contribution in [-0.4, -0.2) is 35.1 Å². The van der Waals surface area contributed by atoms with Crippen LogP contribution in [0.4, 0.5) is 0 Å². The molecular formula is C14H23N3O2. The van der Waals surface area contributed by atoms with Crippen LogP contribution in [0.3, 0.4) is 0 Å². The van der Waals surface area contributed by atoms with Gasteiger partial charge in [0, 0.05) is 24.7 Å². The Bertz CT molecular complexity index is 436. The molecule has 0 aromatic carbocycles. The van der Waals surface area contributed by atoms with Crippen LogP contribution in [0.25, 0.3) is 0 Å². The maximum absolute atomic E-state index is 12.4. The van der Waals surface area contributed by atoms with Crippen molar-refractivity contribution in [3.05, 3.63) is 17.0 Å². The van der Waals surface area contributed by atoms with Crippen LogP contribution in [0.1, 0.15) is 36.8 Å². The number of carbonyl (C=O) groups is 1. The smallest absolute Gasteiger partial charge is 0.227 e. The molecule has 106 valence electrons. The summed E-state index contributed by atoms with van der Waals surface area (Å²) in [6, 6.07) is 0.230. The highest BCUT2D eigenvalue weighted by molar-refractivity contribution is 5.79. The Labute approximate surface area is 114 Å². The Kier molecular flexibility index (Phi) is 4.24. The molecule has 1 amide bonds. The average Bonchev–Trinajstić information content (AvgIpc) is 2.71. The standard InChI is InChI=1S/C14H23N3O2/c1-4-11-8-17(6-5-13(11)15)14(18)7-12-9(2)16-19-10(12)3/h11,13H,4-8,15H2,1-3H3. The first kappa shape index (κ1) is 14.1. The second kappa shape index (κ2) is 5.74. The summed E-state index contributed by atoms with van der Waals surface area (Å²) in [6.07, 6.45) is 2.30. The molecular weight excluding hydrogens is 242 g/mol. The van der Waals surface area contributed by atoms with Gasteiger partial charge in [-0.1, -0.05) is 18.5 Å². The summed E-state index contributed by atoms with van der Waals surface area (Å²) in [6.45, 7) is 7.40. The number of amides is 1. The number of aromatic nitrogens is 1. The fourth-order valence-corrected chi connectivity index (χ4v) is 2.73. The molecule has 5 nitrogen and oxygen atoms in total. The van der Waals surface area contributed by atoms with Crippen LogP contribution in [-0.2, 0) is 11.2 Å². The Balaban J connectivity index is 2.01. The molecule has 0 aliphatic carbocycles. The number of carbonyl (C=O) groups excluding carboxylic acids is 1. The highest BCUT2D eigenvalue weighted by Crippen LogP contribution is 2.20. The highest BCUT2D eigenvalue weighted by atomic mass is 16.5. The lowest BCUT2D eigenvalue weighted by molar-refractivity contribution is -0.132. The van der Waals surface area contributed by atoms with Crippen molar-refractivity contribution in [2.75, 3.05) is 13.1 Å². The van der Waals surface area contributed by atoms with E-state index in [2.05, 4.69) is 12.1 Å². The molecule has 0 spiro atoms. The maximum Gasteiger partial charge on any atom is 0.227 e. The zero-order chi connectivity index (χ0) is 14.0. The monoisotopic (exact) mass is 265 g/mol. The van der Waals surface area contributed by atoms with E-state index in [1.165, 1.54) is 0 Å². The molecule has 1 aliphatic rings. The summed E-state index contributed by atoms with van der Waals surface area (Å²) in [5.74, 6) is 1.31. The first-order valence-electron chi connectivity index (χ1n) is 6.98. The van der Waals surface area contributed by atoms with E-state index in [1.54, 1.807) is 0 Å². The molecule has 2 rings (SSSR count). The normalized spacial score (nSPS) is 23.7. The Hall–Kier alpha value is -1.36. The molecule has 1 aromatic heterocycles. The second-order valence-electron chi connectivity index (χ2n) is 5.44. The minimum atomic E-state index is 0.153. The quantitative estimate of drug-likeness (QED) is 0.897. The molecule has 2 atom stereocenters. The fourth-order valence-electron chi connectivity index (χ4n) is 2.73. The van der Waals surface area contributed by atoms with Gasteiger partial charge in [0.2, 0.25) is 5.91 Å². The van der Waals surface area contributed by atoms with Crippen molar-refractivity contribution in [2.45, 2.75) is 46.1 Å². The molecule has 1 saturated heterocycles. The van der Waals surface area contributed by atoms with E-state index < -0.39 is 0 Å². The number of nitrogens with two attached hydrogens (primary N) is 1. The van der Waals surface area contributed by atoms with Crippen molar-refractivity contribution >= 4 is 5.91 Å².